The van der Waals surface area contributed by atoms with Crippen LogP contribution in [0.15, 0.2) is 70.7 Å². The maximum Gasteiger partial charge on any atom is 0.298 e. The standard InChI is InChI=1S/C43H58N10O5Si/c1-12-52-33(27-29(3)47-52)39(54)45-41-44-31-19-16-22-36(57-25-18-26-58-59(10,11)43(5,6)7)37(31)50(41)23-14-15-24-51-38-32(20-17-21-35(38)56-9)49(8)42(51)46-40(55)34-28-30(4)48-53(34)13-2/h14-17,19-22,27-28H,12-13,18,23-26H2,1-11H3,(H,44,45,54)/b15-14+,46-42+. The van der Waals surface area contributed by atoms with Gasteiger partial charge in [-0.15, -0.1) is 0 Å². The summed E-state index contributed by atoms with van der Waals surface area (Å²) in [5.41, 5.74) is 6.35. The maximum atomic E-state index is 13.7. The third kappa shape index (κ3) is 8.98. The van der Waals surface area contributed by atoms with Gasteiger partial charge in [0.05, 0.1) is 36.1 Å². The average Bonchev–Trinajstić information content (AvgIpc) is 3.94. The van der Waals surface area contributed by atoms with E-state index < -0.39 is 14.2 Å². The largest absolute Gasteiger partial charge is 0.494 e. The van der Waals surface area contributed by atoms with Crippen LogP contribution in [0.25, 0.3) is 22.1 Å². The first-order chi connectivity index (χ1) is 28.1. The number of hydrogen-bond acceptors (Lipinski definition) is 7. The van der Waals surface area contributed by atoms with E-state index in [1.165, 1.54) is 0 Å². The first-order valence-corrected chi connectivity index (χ1v) is 23.1. The van der Waals surface area contributed by atoms with E-state index in [0.717, 1.165) is 39.9 Å². The van der Waals surface area contributed by atoms with Crippen LogP contribution in [0.5, 0.6) is 11.5 Å². The second kappa shape index (κ2) is 17.6. The van der Waals surface area contributed by atoms with Gasteiger partial charge in [0, 0.05) is 46.3 Å². The van der Waals surface area contributed by atoms with Crippen molar-refractivity contribution in [3.8, 4) is 11.5 Å². The van der Waals surface area contributed by atoms with Gasteiger partial charge in [0.2, 0.25) is 11.2 Å². The number of aromatic nitrogens is 8. The number of amides is 2. The highest BCUT2D eigenvalue weighted by Gasteiger charge is 2.36. The number of para-hydroxylation sites is 2. The molecule has 0 radical (unpaired) electrons. The number of aryl methyl sites for hydroxylation is 5. The van der Waals surface area contributed by atoms with Crippen molar-refractivity contribution in [1.82, 2.24) is 38.2 Å². The first-order valence-electron chi connectivity index (χ1n) is 20.2. The van der Waals surface area contributed by atoms with Crippen molar-refractivity contribution >= 4 is 42.2 Å². The summed E-state index contributed by atoms with van der Waals surface area (Å²) in [5.74, 6) is 0.519. The summed E-state index contributed by atoms with van der Waals surface area (Å²) >= 11 is 0. The molecule has 6 rings (SSSR count). The maximum absolute atomic E-state index is 13.7. The number of carbonyl (C=O) groups excluding carboxylic acids is 2. The Bertz CT molecular complexity index is 2660. The highest BCUT2D eigenvalue weighted by Crippen LogP contribution is 2.36. The Labute approximate surface area is 345 Å². The van der Waals surface area contributed by atoms with Gasteiger partial charge in [-0.1, -0.05) is 45.1 Å². The number of imidazole rings is 2. The second-order valence-corrected chi connectivity index (χ2v) is 20.9. The zero-order valence-corrected chi connectivity index (χ0v) is 37.3. The summed E-state index contributed by atoms with van der Waals surface area (Å²) in [7, 11) is 1.63. The van der Waals surface area contributed by atoms with Crippen LogP contribution < -0.4 is 20.7 Å². The van der Waals surface area contributed by atoms with Crippen molar-refractivity contribution < 1.29 is 23.5 Å². The summed E-state index contributed by atoms with van der Waals surface area (Å²) in [6.45, 7) is 21.7. The highest BCUT2D eigenvalue weighted by molar-refractivity contribution is 6.74. The lowest BCUT2D eigenvalue weighted by Crippen LogP contribution is -2.41. The van der Waals surface area contributed by atoms with E-state index in [-0.39, 0.29) is 10.9 Å². The zero-order valence-electron chi connectivity index (χ0n) is 36.3. The van der Waals surface area contributed by atoms with E-state index >= 15 is 0 Å². The lowest BCUT2D eigenvalue weighted by Gasteiger charge is -2.36. The molecule has 0 saturated carbocycles. The van der Waals surface area contributed by atoms with E-state index in [1.54, 1.807) is 28.6 Å². The van der Waals surface area contributed by atoms with Gasteiger partial charge in [-0.25, -0.2) is 0 Å². The van der Waals surface area contributed by atoms with Crippen LogP contribution in [0.2, 0.25) is 18.1 Å². The molecule has 0 bridgehead atoms. The quantitative estimate of drug-likeness (QED) is 0.0676. The molecule has 0 atom stereocenters. The molecule has 15 nitrogen and oxygen atoms in total. The molecule has 59 heavy (non-hydrogen) atoms. The van der Waals surface area contributed by atoms with Crippen LogP contribution >= 0.6 is 0 Å². The number of hydrogen-bond donors (Lipinski definition) is 1. The van der Waals surface area contributed by atoms with E-state index in [9.17, 15) is 9.59 Å². The number of nitrogens with one attached hydrogen (secondary N) is 1. The van der Waals surface area contributed by atoms with Crippen molar-refractivity contribution in [2.24, 2.45) is 17.0 Å². The summed E-state index contributed by atoms with van der Waals surface area (Å²) in [6.07, 6.45) is 4.74. The molecule has 2 aromatic carbocycles. The molecule has 0 aliphatic heterocycles. The SMILES string of the molecule is CCn1nc(C)cc1C(=O)/N=c1\[nH]c2cccc(OCCCO[Si](C)(C)C(C)(C)C)c2n1C/C=C/Cn1/c(=N/C(=O)c2cc(C)nn2CC)n(C)c2cccc(OC)c21. The lowest BCUT2D eigenvalue weighted by atomic mass is 10.2. The molecule has 4 aromatic heterocycles. The normalized spacial score (nSPS) is 13.1. The number of fused-ring (bicyclic) bond motifs is 2. The zero-order chi connectivity index (χ0) is 42.6. The molecule has 0 aliphatic rings. The fourth-order valence-corrected chi connectivity index (χ4v) is 7.94. The Morgan fingerprint density at radius 3 is 2.03 bits per heavy atom. The molecule has 0 aliphatic carbocycles. The van der Waals surface area contributed by atoms with Crippen molar-refractivity contribution in [2.45, 2.75) is 99.2 Å². The minimum Gasteiger partial charge on any atom is -0.494 e. The average molecular weight is 823 g/mol. The fraction of sp³-hybridized carbons (Fsp3) is 0.442. The van der Waals surface area contributed by atoms with Crippen LogP contribution in [0.1, 0.15) is 73.4 Å². The molecule has 0 fully saturated rings. The van der Waals surface area contributed by atoms with Crippen molar-refractivity contribution in [1.29, 1.82) is 0 Å². The molecule has 2 amide bonds. The van der Waals surface area contributed by atoms with Gasteiger partial charge in [-0.05, 0) is 82.2 Å². The number of ether oxygens (including phenoxy) is 2. The van der Waals surface area contributed by atoms with E-state index in [2.05, 4.69) is 59.0 Å². The Kier molecular flexibility index (Phi) is 12.8. The number of nitrogens with zero attached hydrogens (tertiary/aromatic N) is 9. The van der Waals surface area contributed by atoms with E-state index in [1.807, 2.05) is 97.0 Å². The Hall–Kier alpha value is -5.74. The van der Waals surface area contributed by atoms with Gasteiger partial charge >= 0.3 is 0 Å². The predicted octanol–water partition coefficient (Wildman–Crippen LogP) is 6.85. The predicted molar refractivity (Wildman–Crippen MR) is 231 cm³/mol. The molecule has 6 aromatic rings. The monoisotopic (exact) mass is 822 g/mol. The van der Waals surface area contributed by atoms with Crippen LogP contribution in [0, 0.1) is 13.8 Å². The van der Waals surface area contributed by atoms with Crippen LogP contribution in [0.3, 0.4) is 0 Å². The van der Waals surface area contributed by atoms with E-state index in [0.29, 0.717) is 73.5 Å². The van der Waals surface area contributed by atoms with Gasteiger partial charge in [0.25, 0.3) is 11.8 Å². The molecule has 314 valence electrons. The second-order valence-electron chi connectivity index (χ2n) is 16.1. The molecule has 0 unspecified atom stereocenters. The third-order valence-electron chi connectivity index (χ3n) is 10.9. The minimum absolute atomic E-state index is 0.124. The van der Waals surface area contributed by atoms with Gasteiger partial charge in [-0.2, -0.15) is 20.2 Å². The Morgan fingerprint density at radius 1 is 0.831 bits per heavy atom. The van der Waals surface area contributed by atoms with Gasteiger partial charge in [-0.3, -0.25) is 19.0 Å². The Balaban J connectivity index is 1.37. The third-order valence-corrected chi connectivity index (χ3v) is 15.5. The summed E-state index contributed by atoms with van der Waals surface area (Å²) < 4.78 is 27.8. The fourth-order valence-electron chi connectivity index (χ4n) is 6.86. The number of carbonyl (C=O) groups is 2. The topological polar surface area (TPSA) is 153 Å². The number of rotatable bonds is 15. The molecule has 4 heterocycles. The number of methoxy groups -OCH3 is 1. The minimum atomic E-state index is -1.89. The number of H-pyrrole nitrogens is 1. The summed E-state index contributed by atoms with van der Waals surface area (Å²) in [4.78, 5) is 40.0. The number of aromatic amines is 1. The molecule has 1 N–H and O–H groups in total. The number of benzene rings is 2. The first kappa shape index (κ1) is 42.9. The van der Waals surface area contributed by atoms with Crippen LogP contribution in [0.4, 0.5) is 0 Å². The lowest BCUT2D eigenvalue weighted by molar-refractivity contribution is 0.0978. The summed E-state index contributed by atoms with van der Waals surface area (Å²) in [6, 6.07) is 15.1. The van der Waals surface area contributed by atoms with Crippen LogP contribution in [-0.4, -0.2) is 78.7 Å². The molecular weight excluding hydrogens is 765 g/mol. The molecule has 0 spiro atoms. The van der Waals surface area contributed by atoms with E-state index in [4.69, 9.17) is 13.9 Å². The molecule has 16 heteroatoms. The van der Waals surface area contributed by atoms with Crippen LogP contribution in [-0.2, 0) is 37.7 Å². The Morgan fingerprint density at radius 2 is 1.42 bits per heavy atom. The van der Waals surface area contributed by atoms with Gasteiger partial charge in [0.1, 0.15) is 33.9 Å². The van der Waals surface area contributed by atoms with Crippen molar-refractivity contribution in [3.63, 3.8) is 0 Å². The van der Waals surface area contributed by atoms with Crippen molar-refractivity contribution in [2.75, 3.05) is 20.3 Å². The highest BCUT2D eigenvalue weighted by atomic mass is 28.4. The van der Waals surface area contributed by atoms with Crippen molar-refractivity contribution in [3.05, 3.63) is 94.7 Å². The molecule has 0 saturated heterocycles. The van der Waals surface area contributed by atoms with Gasteiger partial charge < -0.3 is 32.6 Å². The smallest absolute Gasteiger partial charge is 0.298 e. The molecular formula is C43H58N10O5Si. The number of allylic oxidation sites excluding steroid dienone is 2. The van der Waals surface area contributed by atoms with Gasteiger partial charge in [0.15, 0.2) is 8.32 Å². The summed E-state index contributed by atoms with van der Waals surface area (Å²) in [5, 5.41) is 9.04.